The van der Waals surface area contributed by atoms with E-state index in [1.807, 2.05) is 24.3 Å². The molecule has 2 amide bonds. The molecule has 7 nitrogen and oxygen atoms in total. The number of ether oxygens (including phenoxy) is 2. The van der Waals surface area contributed by atoms with Crippen molar-refractivity contribution in [3.05, 3.63) is 29.8 Å². The standard InChI is InChI=1S/C16H24N2O5/c1-18(8-7-15(19)20)16(21)17-12-13-5-3-6-14(11-13)23-10-4-9-22-2/h3,5-6,11H,4,7-10,12H2,1-2H3,(H,17,21)(H,19,20). The fourth-order valence-electron chi connectivity index (χ4n) is 1.82. The molecule has 1 rings (SSSR count). The molecule has 0 radical (unpaired) electrons. The number of hydrogen-bond donors (Lipinski definition) is 2. The second-order valence-corrected chi connectivity index (χ2v) is 5.07. The maximum Gasteiger partial charge on any atom is 0.317 e. The summed E-state index contributed by atoms with van der Waals surface area (Å²) in [4.78, 5) is 23.7. The Morgan fingerprint density at radius 1 is 1.30 bits per heavy atom. The molecule has 1 aromatic rings. The van der Waals surface area contributed by atoms with Gasteiger partial charge in [-0.3, -0.25) is 4.79 Å². The summed E-state index contributed by atoms with van der Waals surface area (Å²) in [5.41, 5.74) is 0.911. The molecule has 0 aliphatic heterocycles. The summed E-state index contributed by atoms with van der Waals surface area (Å²) in [5.74, 6) is -0.185. The highest BCUT2D eigenvalue weighted by Crippen LogP contribution is 2.13. The number of benzene rings is 1. The van der Waals surface area contributed by atoms with Crippen LogP contribution in [0.5, 0.6) is 5.75 Å². The van der Waals surface area contributed by atoms with E-state index in [2.05, 4.69) is 5.32 Å². The molecule has 0 atom stereocenters. The Bertz CT molecular complexity index is 507. The maximum atomic E-state index is 11.8. The van der Waals surface area contributed by atoms with Crippen LogP contribution in [0, 0.1) is 0 Å². The number of nitrogens with one attached hydrogen (secondary N) is 1. The zero-order valence-corrected chi connectivity index (χ0v) is 13.6. The largest absolute Gasteiger partial charge is 0.493 e. The summed E-state index contributed by atoms with van der Waals surface area (Å²) in [5, 5.41) is 11.4. The summed E-state index contributed by atoms with van der Waals surface area (Å²) in [6.45, 7) is 1.75. The van der Waals surface area contributed by atoms with Gasteiger partial charge in [0.15, 0.2) is 0 Å². The van der Waals surface area contributed by atoms with E-state index in [9.17, 15) is 9.59 Å². The van der Waals surface area contributed by atoms with Crippen LogP contribution < -0.4 is 10.1 Å². The molecule has 0 aliphatic carbocycles. The van der Waals surface area contributed by atoms with Crippen LogP contribution in [0.25, 0.3) is 0 Å². The van der Waals surface area contributed by atoms with Gasteiger partial charge in [0, 0.05) is 40.3 Å². The summed E-state index contributed by atoms with van der Waals surface area (Å²) in [7, 11) is 3.21. The third-order valence-corrected chi connectivity index (χ3v) is 3.11. The van der Waals surface area contributed by atoms with Crippen LogP contribution in [0.3, 0.4) is 0 Å². The number of amides is 2. The Kier molecular flexibility index (Phi) is 8.52. The predicted molar refractivity (Wildman–Crippen MR) is 85.5 cm³/mol. The molecule has 0 heterocycles. The molecule has 0 saturated carbocycles. The number of carbonyl (C=O) groups excluding carboxylic acids is 1. The molecule has 0 aromatic heterocycles. The molecule has 0 aliphatic rings. The molecular formula is C16H24N2O5. The number of hydrogen-bond acceptors (Lipinski definition) is 4. The maximum absolute atomic E-state index is 11.8. The highest BCUT2D eigenvalue weighted by Gasteiger charge is 2.09. The van der Waals surface area contributed by atoms with Gasteiger partial charge in [0.25, 0.3) is 0 Å². The highest BCUT2D eigenvalue weighted by molar-refractivity contribution is 5.75. The van der Waals surface area contributed by atoms with Crippen LogP contribution in [0.2, 0.25) is 0 Å². The van der Waals surface area contributed by atoms with Gasteiger partial charge in [0.2, 0.25) is 0 Å². The van der Waals surface area contributed by atoms with E-state index in [4.69, 9.17) is 14.6 Å². The smallest absolute Gasteiger partial charge is 0.317 e. The molecule has 7 heteroatoms. The summed E-state index contributed by atoms with van der Waals surface area (Å²) in [6, 6.07) is 7.17. The van der Waals surface area contributed by atoms with Gasteiger partial charge in [0.1, 0.15) is 5.75 Å². The van der Waals surface area contributed by atoms with Crippen molar-refractivity contribution in [2.24, 2.45) is 0 Å². The van der Waals surface area contributed by atoms with E-state index in [0.29, 0.717) is 19.8 Å². The van der Waals surface area contributed by atoms with Crippen LogP contribution in [0.4, 0.5) is 4.79 Å². The minimum Gasteiger partial charge on any atom is -0.493 e. The van der Waals surface area contributed by atoms with Crippen LogP contribution in [0.1, 0.15) is 18.4 Å². The normalized spacial score (nSPS) is 10.2. The fraction of sp³-hybridized carbons (Fsp3) is 0.500. The topological polar surface area (TPSA) is 88.1 Å². The van der Waals surface area contributed by atoms with E-state index in [0.717, 1.165) is 17.7 Å². The Morgan fingerprint density at radius 3 is 2.78 bits per heavy atom. The minimum absolute atomic E-state index is 0.0747. The molecular weight excluding hydrogens is 300 g/mol. The average molecular weight is 324 g/mol. The van der Waals surface area contributed by atoms with Crippen molar-refractivity contribution in [1.82, 2.24) is 10.2 Å². The van der Waals surface area contributed by atoms with Crippen molar-refractivity contribution in [1.29, 1.82) is 0 Å². The van der Waals surface area contributed by atoms with E-state index in [-0.39, 0.29) is 19.0 Å². The average Bonchev–Trinajstić information content (AvgIpc) is 2.54. The third kappa shape index (κ3) is 8.06. The Balaban J connectivity index is 2.39. The lowest BCUT2D eigenvalue weighted by atomic mass is 10.2. The molecule has 0 saturated heterocycles. The lowest BCUT2D eigenvalue weighted by Gasteiger charge is -2.17. The van der Waals surface area contributed by atoms with Gasteiger partial charge in [0.05, 0.1) is 13.0 Å². The molecule has 0 bridgehead atoms. The molecule has 23 heavy (non-hydrogen) atoms. The van der Waals surface area contributed by atoms with Gasteiger partial charge >= 0.3 is 12.0 Å². The van der Waals surface area contributed by atoms with Gasteiger partial charge < -0.3 is 24.8 Å². The summed E-state index contributed by atoms with van der Waals surface area (Å²) in [6.07, 6.45) is 0.737. The summed E-state index contributed by atoms with van der Waals surface area (Å²) >= 11 is 0. The molecule has 128 valence electrons. The van der Waals surface area contributed by atoms with Crippen LogP contribution >= 0.6 is 0 Å². The zero-order valence-electron chi connectivity index (χ0n) is 13.6. The number of rotatable bonds is 10. The first kappa shape index (κ1) is 18.8. The van der Waals surface area contributed by atoms with Crippen molar-refractivity contribution < 1.29 is 24.2 Å². The number of urea groups is 1. The number of carboxylic acids is 1. The molecule has 0 fully saturated rings. The lowest BCUT2D eigenvalue weighted by Crippen LogP contribution is -2.37. The second-order valence-electron chi connectivity index (χ2n) is 5.07. The number of aliphatic carboxylic acids is 1. The van der Waals surface area contributed by atoms with Crippen molar-refractivity contribution >= 4 is 12.0 Å². The van der Waals surface area contributed by atoms with Crippen LogP contribution in [-0.2, 0) is 16.1 Å². The first-order chi connectivity index (χ1) is 11.0. The van der Waals surface area contributed by atoms with Gasteiger partial charge in [-0.25, -0.2) is 4.79 Å². The quantitative estimate of drug-likeness (QED) is 0.640. The Morgan fingerprint density at radius 2 is 2.09 bits per heavy atom. The van der Waals surface area contributed by atoms with E-state index < -0.39 is 5.97 Å². The molecule has 0 spiro atoms. The molecule has 1 aromatic carbocycles. The van der Waals surface area contributed by atoms with Crippen molar-refractivity contribution in [2.75, 3.05) is 33.9 Å². The van der Waals surface area contributed by atoms with E-state index in [1.54, 1.807) is 14.2 Å². The van der Waals surface area contributed by atoms with Crippen molar-refractivity contribution in [3.63, 3.8) is 0 Å². The monoisotopic (exact) mass is 324 g/mol. The van der Waals surface area contributed by atoms with Crippen molar-refractivity contribution in [2.45, 2.75) is 19.4 Å². The third-order valence-electron chi connectivity index (χ3n) is 3.11. The number of methoxy groups -OCH3 is 1. The molecule has 2 N–H and O–H groups in total. The van der Waals surface area contributed by atoms with Gasteiger partial charge in [-0.1, -0.05) is 12.1 Å². The minimum atomic E-state index is -0.928. The molecule has 0 unspecified atom stereocenters. The van der Waals surface area contributed by atoms with Crippen LogP contribution in [0.15, 0.2) is 24.3 Å². The number of carbonyl (C=O) groups is 2. The van der Waals surface area contributed by atoms with Gasteiger partial charge in [-0.05, 0) is 17.7 Å². The fourth-order valence-corrected chi connectivity index (χ4v) is 1.82. The second kappa shape index (κ2) is 10.4. The number of carboxylic acid groups (broad SMARTS) is 1. The predicted octanol–water partition coefficient (Wildman–Crippen LogP) is 1.72. The Hall–Kier alpha value is -2.28. The van der Waals surface area contributed by atoms with Crippen LogP contribution in [-0.4, -0.2) is 55.9 Å². The van der Waals surface area contributed by atoms with Crippen molar-refractivity contribution in [3.8, 4) is 5.75 Å². The first-order valence-corrected chi connectivity index (χ1v) is 7.44. The van der Waals surface area contributed by atoms with Gasteiger partial charge in [-0.2, -0.15) is 0 Å². The van der Waals surface area contributed by atoms with Gasteiger partial charge in [-0.15, -0.1) is 0 Å². The zero-order chi connectivity index (χ0) is 17.1. The Labute approximate surface area is 136 Å². The van der Waals surface area contributed by atoms with E-state index >= 15 is 0 Å². The number of nitrogens with zero attached hydrogens (tertiary/aromatic N) is 1. The first-order valence-electron chi connectivity index (χ1n) is 7.44. The SMILES string of the molecule is COCCCOc1cccc(CNC(=O)N(C)CCC(=O)O)c1. The summed E-state index contributed by atoms with van der Waals surface area (Å²) < 4.78 is 10.6. The van der Waals surface area contributed by atoms with E-state index in [1.165, 1.54) is 4.90 Å². The highest BCUT2D eigenvalue weighted by atomic mass is 16.5. The lowest BCUT2D eigenvalue weighted by molar-refractivity contribution is -0.137.